The Morgan fingerprint density at radius 1 is 1.29 bits per heavy atom. The van der Waals surface area contributed by atoms with Gasteiger partial charge in [0, 0.05) is 0 Å². The standard InChI is InChI=1S/C10H20N2O2/c1-7(2)5-9(11-4)10(14)12-6-8(3)13/h7,9,11H,5-6H2,1-4H3,(H,12,14). The molecule has 0 saturated carbocycles. The number of ketones is 1. The van der Waals surface area contributed by atoms with Gasteiger partial charge in [0.05, 0.1) is 12.6 Å². The molecule has 0 fully saturated rings. The zero-order valence-electron chi connectivity index (χ0n) is 9.39. The van der Waals surface area contributed by atoms with Crippen LogP contribution < -0.4 is 10.6 Å². The first-order valence-corrected chi connectivity index (χ1v) is 4.91. The van der Waals surface area contributed by atoms with Crippen LogP contribution in [-0.2, 0) is 9.59 Å². The number of likely N-dealkylation sites (N-methyl/N-ethyl adjacent to an activating group) is 1. The lowest BCUT2D eigenvalue weighted by atomic mass is 10.0. The molecule has 4 nitrogen and oxygen atoms in total. The van der Waals surface area contributed by atoms with Crippen LogP contribution in [0.25, 0.3) is 0 Å². The molecule has 14 heavy (non-hydrogen) atoms. The van der Waals surface area contributed by atoms with Gasteiger partial charge in [0.25, 0.3) is 0 Å². The molecule has 0 saturated heterocycles. The van der Waals surface area contributed by atoms with Crippen LogP contribution in [0.1, 0.15) is 27.2 Å². The Bertz CT molecular complexity index is 202. The Morgan fingerprint density at radius 3 is 2.21 bits per heavy atom. The molecule has 0 aromatic heterocycles. The van der Waals surface area contributed by atoms with Crippen molar-refractivity contribution in [2.24, 2.45) is 5.92 Å². The van der Waals surface area contributed by atoms with Gasteiger partial charge in [-0.05, 0) is 26.3 Å². The summed E-state index contributed by atoms with van der Waals surface area (Å²) in [6.45, 7) is 5.69. The molecule has 0 spiro atoms. The van der Waals surface area contributed by atoms with Crippen LogP contribution in [0.2, 0.25) is 0 Å². The van der Waals surface area contributed by atoms with Crippen molar-refractivity contribution in [1.29, 1.82) is 0 Å². The number of rotatable bonds is 6. The fourth-order valence-corrected chi connectivity index (χ4v) is 1.16. The van der Waals surface area contributed by atoms with E-state index in [2.05, 4.69) is 24.5 Å². The zero-order valence-corrected chi connectivity index (χ0v) is 9.39. The number of amides is 1. The van der Waals surface area contributed by atoms with Crippen molar-refractivity contribution >= 4 is 11.7 Å². The highest BCUT2D eigenvalue weighted by Crippen LogP contribution is 2.03. The van der Waals surface area contributed by atoms with Crippen molar-refractivity contribution in [3.8, 4) is 0 Å². The van der Waals surface area contributed by atoms with Gasteiger partial charge in [-0.15, -0.1) is 0 Å². The molecular weight excluding hydrogens is 180 g/mol. The van der Waals surface area contributed by atoms with Gasteiger partial charge in [0.15, 0.2) is 0 Å². The number of carbonyl (C=O) groups excluding carboxylic acids is 2. The molecular formula is C10H20N2O2. The minimum atomic E-state index is -0.200. The number of carbonyl (C=O) groups is 2. The minimum Gasteiger partial charge on any atom is -0.348 e. The first kappa shape index (κ1) is 13.1. The highest BCUT2D eigenvalue weighted by molar-refractivity contribution is 5.87. The summed E-state index contributed by atoms with van der Waals surface area (Å²) in [5, 5.41) is 5.52. The summed E-state index contributed by atoms with van der Waals surface area (Å²) in [4.78, 5) is 22.1. The molecule has 1 unspecified atom stereocenters. The normalized spacial score (nSPS) is 12.6. The third-order valence-electron chi connectivity index (χ3n) is 1.88. The first-order valence-electron chi connectivity index (χ1n) is 4.91. The zero-order chi connectivity index (χ0) is 11.1. The summed E-state index contributed by atoms with van der Waals surface area (Å²) in [6, 6.07) is -0.200. The molecule has 0 aromatic rings. The number of hydrogen-bond acceptors (Lipinski definition) is 3. The van der Waals surface area contributed by atoms with Crippen LogP contribution in [0.5, 0.6) is 0 Å². The second-order valence-corrected chi connectivity index (χ2v) is 3.89. The summed E-state index contributed by atoms with van der Waals surface area (Å²) >= 11 is 0. The molecule has 0 radical (unpaired) electrons. The molecule has 0 aliphatic carbocycles. The van der Waals surface area contributed by atoms with Crippen LogP contribution in [0.4, 0.5) is 0 Å². The Kier molecular flexibility index (Phi) is 6.12. The monoisotopic (exact) mass is 200 g/mol. The molecule has 0 aromatic carbocycles. The number of nitrogens with one attached hydrogen (secondary N) is 2. The Hall–Kier alpha value is -0.900. The van der Waals surface area contributed by atoms with Gasteiger partial charge in [-0.2, -0.15) is 0 Å². The molecule has 1 amide bonds. The molecule has 0 heterocycles. The number of hydrogen-bond donors (Lipinski definition) is 2. The van der Waals surface area contributed by atoms with Crippen molar-refractivity contribution in [1.82, 2.24) is 10.6 Å². The highest BCUT2D eigenvalue weighted by atomic mass is 16.2. The summed E-state index contributed by atoms with van der Waals surface area (Å²) in [5.41, 5.74) is 0. The molecule has 0 aliphatic rings. The second kappa shape index (κ2) is 6.54. The van der Waals surface area contributed by atoms with Crippen LogP contribution in [0.15, 0.2) is 0 Å². The van der Waals surface area contributed by atoms with E-state index in [9.17, 15) is 9.59 Å². The lowest BCUT2D eigenvalue weighted by molar-refractivity contribution is -0.126. The molecule has 4 heteroatoms. The van der Waals surface area contributed by atoms with Gasteiger partial charge < -0.3 is 10.6 Å². The smallest absolute Gasteiger partial charge is 0.237 e. The average molecular weight is 200 g/mol. The predicted molar refractivity (Wildman–Crippen MR) is 56.0 cm³/mol. The Balaban J connectivity index is 3.97. The van der Waals surface area contributed by atoms with Gasteiger partial charge >= 0.3 is 0 Å². The van der Waals surface area contributed by atoms with E-state index >= 15 is 0 Å². The van der Waals surface area contributed by atoms with Crippen molar-refractivity contribution < 1.29 is 9.59 Å². The van der Waals surface area contributed by atoms with E-state index in [0.717, 1.165) is 6.42 Å². The van der Waals surface area contributed by atoms with Gasteiger partial charge in [0.1, 0.15) is 5.78 Å². The van der Waals surface area contributed by atoms with Crippen LogP contribution in [-0.4, -0.2) is 31.3 Å². The van der Waals surface area contributed by atoms with E-state index in [1.165, 1.54) is 6.92 Å². The topological polar surface area (TPSA) is 58.2 Å². The van der Waals surface area contributed by atoms with E-state index in [0.29, 0.717) is 5.92 Å². The van der Waals surface area contributed by atoms with Gasteiger partial charge in [-0.25, -0.2) is 0 Å². The lowest BCUT2D eigenvalue weighted by Gasteiger charge is -2.17. The van der Waals surface area contributed by atoms with E-state index in [1.54, 1.807) is 7.05 Å². The lowest BCUT2D eigenvalue weighted by Crippen LogP contribution is -2.44. The minimum absolute atomic E-state index is 0.0299. The quantitative estimate of drug-likeness (QED) is 0.649. The maximum absolute atomic E-state index is 11.5. The third kappa shape index (κ3) is 5.70. The van der Waals surface area contributed by atoms with Crippen molar-refractivity contribution in [3.63, 3.8) is 0 Å². The van der Waals surface area contributed by atoms with Crippen molar-refractivity contribution in [2.45, 2.75) is 33.2 Å². The average Bonchev–Trinajstić information content (AvgIpc) is 2.09. The maximum atomic E-state index is 11.5. The second-order valence-electron chi connectivity index (χ2n) is 3.89. The first-order chi connectivity index (χ1) is 6.47. The molecule has 0 bridgehead atoms. The van der Waals surface area contributed by atoms with E-state index in [-0.39, 0.29) is 24.3 Å². The van der Waals surface area contributed by atoms with E-state index in [1.807, 2.05) is 0 Å². The third-order valence-corrected chi connectivity index (χ3v) is 1.88. The SMILES string of the molecule is CNC(CC(C)C)C(=O)NCC(C)=O. The fraction of sp³-hybridized carbons (Fsp3) is 0.800. The Morgan fingerprint density at radius 2 is 1.86 bits per heavy atom. The van der Waals surface area contributed by atoms with Gasteiger partial charge in [0.2, 0.25) is 5.91 Å². The summed E-state index contributed by atoms with van der Waals surface area (Å²) in [5.74, 6) is 0.324. The molecule has 0 aliphatic heterocycles. The van der Waals surface area contributed by atoms with Crippen molar-refractivity contribution in [2.75, 3.05) is 13.6 Å². The molecule has 0 rings (SSSR count). The summed E-state index contributed by atoms with van der Waals surface area (Å²) < 4.78 is 0. The largest absolute Gasteiger partial charge is 0.348 e. The molecule has 1 atom stereocenters. The van der Waals surface area contributed by atoms with Crippen LogP contribution in [0.3, 0.4) is 0 Å². The van der Waals surface area contributed by atoms with E-state index < -0.39 is 0 Å². The van der Waals surface area contributed by atoms with Crippen molar-refractivity contribution in [3.05, 3.63) is 0 Å². The number of Topliss-reactive ketones (excluding diaryl/α,β-unsaturated/α-hetero) is 1. The Labute approximate surface area is 85.4 Å². The maximum Gasteiger partial charge on any atom is 0.237 e. The van der Waals surface area contributed by atoms with Gasteiger partial charge in [-0.3, -0.25) is 9.59 Å². The molecule has 82 valence electrons. The summed E-state index contributed by atoms with van der Waals surface area (Å²) in [6.07, 6.45) is 0.778. The van der Waals surface area contributed by atoms with Crippen LogP contribution >= 0.6 is 0 Å². The highest BCUT2D eigenvalue weighted by Gasteiger charge is 2.17. The van der Waals surface area contributed by atoms with E-state index in [4.69, 9.17) is 0 Å². The fourth-order valence-electron chi connectivity index (χ4n) is 1.16. The van der Waals surface area contributed by atoms with Gasteiger partial charge in [-0.1, -0.05) is 13.8 Å². The molecule has 2 N–H and O–H groups in total. The predicted octanol–water partition coefficient (Wildman–Crippen LogP) is 0.326. The van der Waals surface area contributed by atoms with Crippen LogP contribution in [0, 0.1) is 5.92 Å². The summed E-state index contributed by atoms with van der Waals surface area (Å²) in [7, 11) is 1.75.